The standard InChI is InChI=1S/C27H27F3N4O2/c28-19-5-6-22(26(35)34-23-14-32-10-7-18(23)15-3-1-4-17(31)11-15)33-25(19)24-20(29)12-16(13-21(24)30)27(36)8-2-9-27/h5-7,10,12-15,17,36H,1-4,8-9,11,31H2,(H,34,35). The van der Waals surface area contributed by atoms with Crippen molar-refractivity contribution in [3.05, 3.63) is 77.0 Å². The average Bonchev–Trinajstić information content (AvgIpc) is 2.83. The van der Waals surface area contributed by atoms with Crippen LogP contribution in [0.15, 0.2) is 42.7 Å². The van der Waals surface area contributed by atoms with E-state index < -0.39 is 40.2 Å². The van der Waals surface area contributed by atoms with E-state index in [1.165, 1.54) is 6.20 Å². The van der Waals surface area contributed by atoms with E-state index in [9.17, 15) is 23.1 Å². The van der Waals surface area contributed by atoms with Crippen LogP contribution in [0, 0.1) is 17.5 Å². The Labute approximate surface area is 206 Å². The molecule has 2 fully saturated rings. The number of nitrogens with zero attached hydrogens (tertiary/aromatic N) is 2. The van der Waals surface area contributed by atoms with E-state index in [0.29, 0.717) is 18.5 Å². The number of aliphatic hydroxyl groups is 1. The molecule has 1 amide bonds. The van der Waals surface area contributed by atoms with E-state index in [1.807, 2.05) is 6.07 Å². The quantitative estimate of drug-likeness (QED) is 0.453. The lowest BCUT2D eigenvalue weighted by atomic mass is 9.75. The largest absolute Gasteiger partial charge is 0.385 e. The first-order chi connectivity index (χ1) is 17.2. The molecule has 2 saturated carbocycles. The van der Waals surface area contributed by atoms with Gasteiger partial charge in [-0.3, -0.25) is 9.78 Å². The highest BCUT2D eigenvalue weighted by atomic mass is 19.1. The molecule has 0 bridgehead atoms. The molecule has 0 aliphatic heterocycles. The summed E-state index contributed by atoms with van der Waals surface area (Å²) in [5.74, 6) is -3.59. The van der Waals surface area contributed by atoms with Crippen molar-refractivity contribution in [1.29, 1.82) is 0 Å². The van der Waals surface area contributed by atoms with Gasteiger partial charge < -0.3 is 16.2 Å². The summed E-state index contributed by atoms with van der Waals surface area (Å²) in [5, 5.41) is 13.2. The van der Waals surface area contributed by atoms with Crippen molar-refractivity contribution in [2.24, 2.45) is 5.73 Å². The van der Waals surface area contributed by atoms with E-state index in [0.717, 1.165) is 61.9 Å². The minimum Gasteiger partial charge on any atom is -0.385 e. The second-order valence-electron chi connectivity index (χ2n) is 9.77. The first kappa shape index (κ1) is 24.4. The second kappa shape index (κ2) is 9.63. The van der Waals surface area contributed by atoms with Crippen LogP contribution in [0.25, 0.3) is 11.3 Å². The van der Waals surface area contributed by atoms with Gasteiger partial charge in [-0.15, -0.1) is 0 Å². The molecule has 2 heterocycles. The van der Waals surface area contributed by atoms with Crippen LogP contribution >= 0.6 is 0 Å². The lowest BCUT2D eigenvalue weighted by Gasteiger charge is -2.37. The topological polar surface area (TPSA) is 101 Å². The summed E-state index contributed by atoms with van der Waals surface area (Å²) in [4.78, 5) is 21.1. The van der Waals surface area contributed by atoms with Gasteiger partial charge in [0, 0.05) is 12.2 Å². The maximum Gasteiger partial charge on any atom is 0.274 e. The molecule has 2 atom stereocenters. The molecule has 4 N–H and O–H groups in total. The van der Waals surface area contributed by atoms with Crippen molar-refractivity contribution < 1.29 is 23.1 Å². The Morgan fingerprint density at radius 2 is 1.81 bits per heavy atom. The van der Waals surface area contributed by atoms with E-state index in [1.54, 1.807) is 6.20 Å². The third kappa shape index (κ3) is 4.60. The van der Waals surface area contributed by atoms with E-state index in [2.05, 4.69) is 15.3 Å². The fourth-order valence-corrected chi connectivity index (χ4v) is 5.17. The first-order valence-electron chi connectivity index (χ1n) is 12.1. The normalized spacial score (nSPS) is 21.0. The predicted octanol–water partition coefficient (Wildman–Crippen LogP) is 5.17. The van der Waals surface area contributed by atoms with Crippen LogP contribution in [-0.2, 0) is 5.60 Å². The lowest BCUT2D eigenvalue weighted by molar-refractivity contribution is -0.0392. The molecule has 9 heteroatoms. The zero-order valence-electron chi connectivity index (χ0n) is 19.6. The number of rotatable bonds is 5. The van der Waals surface area contributed by atoms with Crippen molar-refractivity contribution in [2.75, 3.05) is 5.32 Å². The van der Waals surface area contributed by atoms with Gasteiger partial charge in [0.2, 0.25) is 0 Å². The monoisotopic (exact) mass is 496 g/mol. The maximum atomic E-state index is 15.0. The van der Waals surface area contributed by atoms with E-state index in [4.69, 9.17) is 5.73 Å². The summed E-state index contributed by atoms with van der Waals surface area (Å²) in [6.45, 7) is 0. The van der Waals surface area contributed by atoms with Crippen LogP contribution in [0.2, 0.25) is 0 Å². The molecule has 0 spiro atoms. The van der Waals surface area contributed by atoms with Gasteiger partial charge >= 0.3 is 0 Å². The number of halogens is 3. The molecule has 6 nitrogen and oxygen atoms in total. The Bertz CT molecular complexity index is 1290. The molecule has 2 aliphatic carbocycles. The number of nitrogens with one attached hydrogen (secondary N) is 1. The summed E-state index contributed by atoms with van der Waals surface area (Å²) in [5.41, 5.74) is 4.84. The molecule has 0 saturated heterocycles. The third-order valence-corrected chi connectivity index (χ3v) is 7.33. The Morgan fingerprint density at radius 3 is 2.47 bits per heavy atom. The number of hydrogen-bond acceptors (Lipinski definition) is 5. The summed E-state index contributed by atoms with van der Waals surface area (Å²) in [7, 11) is 0. The van der Waals surface area contributed by atoms with Crippen molar-refractivity contribution in [3.8, 4) is 11.3 Å². The number of hydrogen-bond donors (Lipinski definition) is 3. The fourth-order valence-electron chi connectivity index (χ4n) is 5.17. The Balaban J connectivity index is 1.44. The Hall–Kier alpha value is -3.30. The van der Waals surface area contributed by atoms with Gasteiger partial charge in [0.1, 0.15) is 28.8 Å². The Morgan fingerprint density at radius 1 is 1.06 bits per heavy atom. The van der Waals surface area contributed by atoms with E-state index >= 15 is 0 Å². The lowest BCUT2D eigenvalue weighted by Crippen LogP contribution is -2.33. The van der Waals surface area contributed by atoms with Gasteiger partial charge in [-0.1, -0.05) is 6.42 Å². The van der Waals surface area contributed by atoms with Gasteiger partial charge in [-0.25, -0.2) is 18.2 Å². The molecule has 188 valence electrons. The van der Waals surface area contributed by atoms with Crippen LogP contribution in [0.5, 0.6) is 0 Å². The first-order valence-corrected chi connectivity index (χ1v) is 12.1. The summed E-state index contributed by atoms with van der Waals surface area (Å²) in [6, 6.07) is 6.03. The van der Waals surface area contributed by atoms with Crippen molar-refractivity contribution in [3.63, 3.8) is 0 Å². The molecule has 2 aliphatic rings. The molecular formula is C27H27F3N4O2. The number of benzene rings is 1. The highest BCUT2D eigenvalue weighted by Gasteiger charge is 2.37. The van der Waals surface area contributed by atoms with Crippen LogP contribution < -0.4 is 11.1 Å². The van der Waals surface area contributed by atoms with Gasteiger partial charge in [0.05, 0.1) is 23.0 Å². The molecule has 36 heavy (non-hydrogen) atoms. The number of pyridine rings is 2. The third-order valence-electron chi connectivity index (χ3n) is 7.33. The summed E-state index contributed by atoms with van der Waals surface area (Å²) < 4.78 is 44.6. The summed E-state index contributed by atoms with van der Waals surface area (Å²) >= 11 is 0. The maximum absolute atomic E-state index is 15.0. The zero-order chi connectivity index (χ0) is 25.4. The fraction of sp³-hybridized carbons (Fsp3) is 0.370. The van der Waals surface area contributed by atoms with Crippen LogP contribution in [-0.4, -0.2) is 27.0 Å². The number of carbonyl (C=O) groups excluding carboxylic acids is 1. The highest BCUT2D eigenvalue weighted by Crippen LogP contribution is 2.43. The van der Waals surface area contributed by atoms with Gasteiger partial charge in [0.25, 0.3) is 5.91 Å². The predicted molar refractivity (Wildman–Crippen MR) is 129 cm³/mol. The zero-order valence-corrected chi connectivity index (χ0v) is 19.6. The average molecular weight is 497 g/mol. The second-order valence-corrected chi connectivity index (χ2v) is 9.77. The molecule has 2 aromatic heterocycles. The highest BCUT2D eigenvalue weighted by molar-refractivity contribution is 6.03. The molecular weight excluding hydrogens is 469 g/mol. The number of anilines is 1. The minimum absolute atomic E-state index is 0.0861. The number of carbonyl (C=O) groups is 1. The van der Waals surface area contributed by atoms with Crippen molar-refractivity contribution in [2.45, 2.75) is 62.5 Å². The molecule has 2 unspecified atom stereocenters. The molecule has 3 aromatic rings. The number of aromatic nitrogens is 2. The van der Waals surface area contributed by atoms with Crippen molar-refractivity contribution in [1.82, 2.24) is 9.97 Å². The Kier molecular flexibility index (Phi) is 6.53. The van der Waals surface area contributed by atoms with Gasteiger partial charge in [-0.05, 0) is 85.9 Å². The molecule has 1 aromatic carbocycles. The van der Waals surface area contributed by atoms with Crippen LogP contribution in [0.3, 0.4) is 0 Å². The van der Waals surface area contributed by atoms with E-state index in [-0.39, 0.29) is 23.2 Å². The summed E-state index contributed by atoms with van der Waals surface area (Å²) in [6.07, 6.45) is 8.39. The molecule has 0 radical (unpaired) electrons. The number of amides is 1. The number of nitrogens with two attached hydrogens (primary N) is 1. The smallest absolute Gasteiger partial charge is 0.274 e. The SMILES string of the molecule is NC1CCCC(c2ccncc2NC(=O)c2ccc(F)c(-c3c(F)cc(C4(O)CCC4)cc3F)n2)C1. The van der Waals surface area contributed by atoms with Crippen molar-refractivity contribution >= 4 is 11.6 Å². The van der Waals surface area contributed by atoms with Gasteiger partial charge in [-0.2, -0.15) is 0 Å². The van der Waals surface area contributed by atoms with Gasteiger partial charge in [0.15, 0.2) is 0 Å². The molecule has 5 rings (SSSR count). The van der Waals surface area contributed by atoms with Crippen LogP contribution in [0.1, 0.15) is 72.5 Å². The minimum atomic E-state index is -1.28. The van der Waals surface area contributed by atoms with Crippen LogP contribution in [0.4, 0.5) is 18.9 Å².